The van der Waals surface area contributed by atoms with E-state index < -0.39 is 6.10 Å². The Morgan fingerprint density at radius 2 is 1.78 bits per heavy atom. The van der Waals surface area contributed by atoms with Crippen LogP contribution in [0.3, 0.4) is 0 Å². The number of piperazine rings is 1. The topological polar surface area (TPSA) is 70.3 Å². The van der Waals surface area contributed by atoms with Crippen molar-refractivity contribution in [2.24, 2.45) is 0 Å². The number of aliphatic hydroxyl groups excluding tert-OH is 1. The number of aromatic nitrogens is 4. The van der Waals surface area contributed by atoms with E-state index >= 15 is 0 Å². The molecule has 1 aromatic heterocycles. The maximum atomic E-state index is 13.3. The van der Waals surface area contributed by atoms with E-state index in [0.29, 0.717) is 18.1 Å². The van der Waals surface area contributed by atoms with E-state index in [4.69, 9.17) is 0 Å². The van der Waals surface area contributed by atoms with Gasteiger partial charge in [0.2, 0.25) is 5.95 Å². The van der Waals surface area contributed by atoms with Gasteiger partial charge in [0.25, 0.3) is 0 Å². The Kier molecular flexibility index (Phi) is 5.08. The third-order valence-electron chi connectivity index (χ3n) is 4.77. The van der Waals surface area contributed by atoms with Crippen LogP contribution in [0.15, 0.2) is 54.6 Å². The number of anilines is 1. The summed E-state index contributed by atoms with van der Waals surface area (Å²) in [6, 6.07) is 15.9. The maximum absolute atomic E-state index is 13.3. The van der Waals surface area contributed by atoms with Gasteiger partial charge in [0, 0.05) is 32.7 Å². The number of benzene rings is 2. The lowest BCUT2D eigenvalue weighted by Crippen LogP contribution is -2.48. The van der Waals surface area contributed by atoms with Crippen LogP contribution in [0.1, 0.15) is 11.7 Å². The first-order chi connectivity index (χ1) is 13.2. The molecule has 1 aliphatic heterocycles. The van der Waals surface area contributed by atoms with Gasteiger partial charge in [0.15, 0.2) is 0 Å². The summed E-state index contributed by atoms with van der Waals surface area (Å²) in [6.07, 6.45) is -0.707. The second-order valence-corrected chi connectivity index (χ2v) is 6.58. The average Bonchev–Trinajstić information content (AvgIpc) is 3.19. The van der Waals surface area contributed by atoms with Crippen LogP contribution in [0.25, 0.3) is 5.69 Å². The van der Waals surface area contributed by atoms with Gasteiger partial charge in [-0.1, -0.05) is 35.4 Å². The lowest BCUT2D eigenvalue weighted by atomic mass is 10.1. The van der Waals surface area contributed by atoms with Crippen LogP contribution in [-0.2, 0) is 0 Å². The molecule has 0 saturated carbocycles. The molecule has 2 heterocycles. The Morgan fingerprint density at radius 3 is 2.52 bits per heavy atom. The van der Waals surface area contributed by atoms with Gasteiger partial charge in [-0.05, 0) is 40.3 Å². The zero-order valence-corrected chi connectivity index (χ0v) is 14.8. The summed E-state index contributed by atoms with van der Waals surface area (Å²) in [4.78, 5) is 4.31. The lowest BCUT2D eigenvalue weighted by molar-refractivity contribution is 0.109. The van der Waals surface area contributed by atoms with Crippen molar-refractivity contribution >= 4 is 5.95 Å². The van der Waals surface area contributed by atoms with Crippen molar-refractivity contribution in [1.29, 1.82) is 0 Å². The van der Waals surface area contributed by atoms with Crippen molar-refractivity contribution in [2.75, 3.05) is 37.6 Å². The monoisotopic (exact) mass is 368 g/mol. The first kappa shape index (κ1) is 17.6. The first-order valence-corrected chi connectivity index (χ1v) is 8.95. The lowest BCUT2D eigenvalue weighted by Gasteiger charge is -2.35. The van der Waals surface area contributed by atoms with Crippen LogP contribution in [0.4, 0.5) is 10.3 Å². The van der Waals surface area contributed by atoms with E-state index in [0.717, 1.165) is 31.9 Å². The summed E-state index contributed by atoms with van der Waals surface area (Å²) in [6.45, 7) is 3.52. The fourth-order valence-electron chi connectivity index (χ4n) is 3.31. The van der Waals surface area contributed by atoms with Gasteiger partial charge in [0.1, 0.15) is 5.82 Å². The summed E-state index contributed by atoms with van der Waals surface area (Å²) >= 11 is 0. The first-order valence-electron chi connectivity index (χ1n) is 8.95. The predicted molar refractivity (Wildman–Crippen MR) is 99.2 cm³/mol. The summed E-state index contributed by atoms with van der Waals surface area (Å²) in [5, 5.41) is 22.5. The van der Waals surface area contributed by atoms with E-state index in [1.807, 2.05) is 30.3 Å². The minimum Gasteiger partial charge on any atom is -0.387 e. The van der Waals surface area contributed by atoms with Gasteiger partial charge in [-0.15, -0.1) is 0 Å². The fourth-order valence-corrected chi connectivity index (χ4v) is 3.31. The van der Waals surface area contributed by atoms with Crippen LogP contribution >= 0.6 is 0 Å². The van der Waals surface area contributed by atoms with Crippen LogP contribution in [0, 0.1) is 5.82 Å². The molecule has 0 spiro atoms. The zero-order chi connectivity index (χ0) is 18.6. The molecular formula is C19H21FN6O. The quantitative estimate of drug-likeness (QED) is 0.739. The molecule has 1 atom stereocenters. The SMILES string of the molecule is O[C@H](CN1CCN(c2nnnn2-c2ccccc2)CC1)c1cccc(F)c1. The van der Waals surface area contributed by atoms with Crippen molar-refractivity contribution in [2.45, 2.75) is 6.10 Å². The number of tetrazole rings is 1. The van der Waals surface area contributed by atoms with Gasteiger partial charge < -0.3 is 10.0 Å². The fraction of sp³-hybridized carbons (Fsp3) is 0.316. The predicted octanol–water partition coefficient (Wildman–Crippen LogP) is 1.66. The van der Waals surface area contributed by atoms with Gasteiger partial charge in [0.05, 0.1) is 11.8 Å². The molecule has 4 rings (SSSR count). The molecule has 7 nitrogen and oxygen atoms in total. The molecule has 1 saturated heterocycles. The molecule has 3 aromatic rings. The smallest absolute Gasteiger partial charge is 0.250 e. The molecule has 0 radical (unpaired) electrons. The van der Waals surface area contributed by atoms with Crippen LogP contribution in [-0.4, -0.2) is 62.9 Å². The Morgan fingerprint density at radius 1 is 1.00 bits per heavy atom. The van der Waals surface area contributed by atoms with Gasteiger partial charge >= 0.3 is 0 Å². The molecule has 0 aliphatic carbocycles. The summed E-state index contributed by atoms with van der Waals surface area (Å²) in [5.41, 5.74) is 1.52. The molecule has 140 valence electrons. The normalized spacial score (nSPS) is 16.4. The largest absolute Gasteiger partial charge is 0.387 e. The molecule has 0 unspecified atom stereocenters. The van der Waals surface area contributed by atoms with Crippen LogP contribution in [0.5, 0.6) is 0 Å². The highest BCUT2D eigenvalue weighted by molar-refractivity contribution is 5.40. The number of aliphatic hydroxyl groups is 1. The maximum Gasteiger partial charge on any atom is 0.250 e. The molecule has 0 bridgehead atoms. The van der Waals surface area contributed by atoms with Crippen LogP contribution < -0.4 is 4.90 Å². The van der Waals surface area contributed by atoms with Crippen LogP contribution in [0.2, 0.25) is 0 Å². The Bertz CT molecular complexity index is 879. The number of nitrogens with zero attached hydrogens (tertiary/aromatic N) is 6. The molecule has 27 heavy (non-hydrogen) atoms. The summed E-state index contributed by atoms with van der Waals surface area (Å²) in [5.74, 6) is 0.385. The number of β-amino-alcohol motifs (C(OH)–C–C–N with tert-alkyl or cyclic N) is 1. The zero-order valence-electron chi connectivity index (χ0n) is 14.8. The third kappa shape index (κ3) is 3.96. The minimum atomic E-state index is -0.707. The van der Waals surface area contributed by atoms with E-state index in [9.17, 15) is 9.50 Å². The third-order valence-corrected chi connectivity index (χ3v) is 4.77. The molecule has 1 fully saturated rings. The van der Waals surface area contributed by atoms with Gasteiger partial charge in [-0.2, -0.15) is 4.68 Å². The molecule has 1 N–H and O–H groups in total. The number of halogens is 1. The van der Waals surface area contributed by atoms with E-state index in [1.165, 1.54) is 12.1 Å². The Balaban J connectivity index is 1.38. The van der Waals surface area contributed by atoms with Gasteiger partial charge in [-0.3, -0.25) is 4.90 Å². The highest BCUT2D eigenvalue weighted by Crippen LogP contribution is 2.19. The van der Waals surface area contributed by atoms with Crippen molar-refractivity contribution in [3.63, 3.8) is 0 Å². The number of rotatable bonds is 5. The minimum absolute atomic E-state index is 0.330. The molecule has 1 aliphatic rings. The molecular weight excluding hydrogens is 347 g/mol. The van der Waals surface area contributed by atoms with E-state index in [1.54, 1.807) is 16.8 Å². The van der Waals surface area contributed by atoms with Crippen molar-refractivity contribution < 1.29 is 9.50 Å². The highest BCUT2D eigenvalue weighted by Gasteiger charge is 2.24. The Hall–Kier alpha value is -2.84. The Labute approximate surface area is 156 Å². The van der Waals surface area contributed by atoms with Gasteiger partial charge in [-0.25, -0.2) is 4.39 Å². The van der Waals surface area contributed by atoms with Crippen molar-refractivity contribution in [1.82, 2.24) is 25.1 Å². The van der Waals surface area contributed by atoms with E-state index in [2.05, 4.69) is 25.3 Å². The van der Waals surface area contributed by atoms with Crippen molar-refractivity contribution in [3.8, 4) is 5.69 Å². The second kappa shape index (κ2) is 7.81. The van der Waals surface area contributed by atoms with Crippen molar-refractivity contribution in [3.05, 3.63) is 66.0 Å². The summed E-state index contributed by atoms with van der Waals surface area (Å²) < 4.78 is 15.1. The molecule has 8 heteroatoms. The van der Waals surface area contributed by atoms with E-state index in [-0.39, 0.29) is 5.82 Å². The molecule has 0 amide bonds. The number of para-hydroxylation sites is 1. The average molecular weight is 368 g/mol. The number of hydrogen-bond donors (Lipinski definition) is 1. The standard InChI is InChI=1S/C19H21FN6O/c20-16-6-4-5-15(13-16)18(27)14-24-9-11-25(12-10-24)19-21-22-23-26(19)17-7-2-1-3-8-17/h1-8,13,18,27H,9-12,14H2/t18-/m1/s1. The summed E-state index contributed by atoms with van der Waals surface area (Å²) in [7, 11) is 0. The second-order valence-electron chi connectivity index (χ2n) is 6.58. The highest BCUT2D eigenvalue weighted by atomic mass is 19.1. The number of hydrogen-bond acceptors (Lipinski definition) is 6. The molecule has 2 aromatic carbocycles.